The molecule has 5 rings (SSSR count). The highest BCUT2D eigenvalue weighted by atomic mass is 35.5. The largest absolute Gasteiger partial charge is 0.490 e. The molecule has 0 saturated carbocycles. The molecule has 2 aliphatic rings. The number of nitrogens with zero attached hydrogens (tertiary/aromatic N) is 1. The first kappa shape index (κ1) is 29.1. The van der Waals surface area contributed by atoms with Crippen molar-refractivity contribution in [1.29, 1.82) is 0 Å². The lowest BCUT2D eigenvalue weighted by molar-refractivity contribution is 0.0983. The van der Waals surface area contributed by atoms with E-state index in [4.69, 9.17) is 15.2 Å². The number of ether oxygens (including phenoxy) is 2. The number of primary amides is 1. The van der Waals surface area contributed by atoms with Crippen LogP contribution < -0.4 is 25.8 Å². The van der Waals surface area contributed by atoms with Crippen LogP contribution >= 0.6 is 12.4 Å². The highest BCUT2D eigenvalue weighted by Gasteiger charge is 2.32. The molecule has 0 spiro atoms. The highest BCUT2D eigenvalue weighted by molar-refractivity contribution is 5.92. The third kappa shape index (κ3) is 7.01. The Morgan fingerprint density at radius 2 is 1.90 bits per heavy atom. The lowest BCUT2D eigenvalue weighted by Crippen LogP contribution is -2.46. The number of aromatic nitrogens is 1. The third-order valence-electron chi connectivity index (χ3n) is 6.92. The molecule has 2 aromatic carbocycles. The van der Waals surface area contributed by atoms with E-state index in [2.05, 4.69) is 59.8 Å². The van der Waals surface area contributed by atoms with E-state index in [1.807, 2.05) is 36.4 Å². The van der Waals surface area contributed by atoms with Gasteiger partial charge in [0, 0.05) is 41.5 Å². The maximum absolute atomic E-state index is 11.2. The predicted molar refractivity (Wildman–Crippen MR) is 159 cm³/mol. The number of halogens is 1. The van der Waals surface area contributed by atoms with Crippen LogP contribution in [0.2, 0.25) is 0 Å². The number of anilines is 1. The molecular weight excluding hydrogens is 528 g/mol. The molecule has 1 aliphatic carbocycles. The van der Waals surface area contributed by atoms with Crippen molar-refractivity contribution in [1.82, 2.24) is 10.3 Å². The van der Waals surface area contributed by atoms with E-state index < -0.39 is 12.0 Å². The van der Waals surface area contributed by atoms with Gasteiger partial charge in [0.05, 0.1) is 11.6 Å². The summed E-state index contributed by atoms with van der Waals surface area (Å²) in [6.45, 7) is 4.82. The summed E-state index contributed by atoms with van der Waals surface area (Å²) in [7, 11) is 0. The summed E-state index contributed by atoms with van der Waals surface area (Å²) in [6.07, 6.45) is 9.98. The normalized spacial score (nSPS) is 17.7. The Morgan fingerprint density at radius 3 is 2.62 bits per heavy atom. The van der Waals surface area contributed by atoms with Gasteiger partial charge in [-0.15, -0.1) is 12.4 Å². The first-order valence-electron chi connectivity index (χ1n) is 13.1. The Kier molecular flexibility index (Phi) is 9.14. The molecule has 1 aliphatic heterocycles. The van der Waals surface area contributed by atoms with Crippen LogP contribution in [0.15, 0.2) is 85.1 Å². The number of aliphatic hydroxyl groups is 1. The Morgan fingerprint density at radius 1 is 1.12 bits per heavy atom. The average molecular weight is 563 g/mol. The Labute approximate surface area is 240 Å². The van der Waals surface area contributed by atoms with E-state index in [1.54, 1.807) is 12.1 Å². The van der Waals surface area contributed by atoms with Crippen LogP contribution in [0.5, 0.6) is 17.4 Å². The fourth-order valence-corrected chi connectivity index (χ4v) is 4.93. The molecule has 9 heteroatoms. The molecule has 8 nitrogen and oxygen atoms in total. The SMILES string of the molecule is CC(C)(Cc1ccc(Oc2ccc(C(N)=O)cn2)cc1)NC[C@H](O)COc1cccc2c1C1C=CC=CC1N2.Cl. The van der Waals surface area contributed by atoms with Crippen molar-refractivity contribution in [2.45, 2.75) is 43.9 Å². The van der Waals surface area contributed by atoms with E-state index >= 15 is 0 Å². The summed E-state index contributed by atoms with van der Waals surface area (Å²) < 4.78 is 11.9. The van der Waals surface area contributed by atoms with Crippen LogP contribution in [-0.4, -0.2) is 46.8 Å². The minimum absolute atomic E-state index is 0. The van der Waals surface area contributed by atoms with Gasteiger partial charge in [0.15, 0.2) is 0 Å². The number of fused-ring (bicyclic) bond motifs is 3. The third-order valence-corrected chi connectivity index (χ3v) is 6.92. The van der Waals surface area contributed by atoms with Gasteiger partial charge in [-0.3, -0.25) is 4.79 Å². The van der Waals surface area contributed by atoms with Crippen molar-refractivity contribution >= 4 is 24.0 Å². The predicted octanol–water partition coefficient (Wildman–Crippen LogP) is 4.75. The zero-order valence-corrected chi connectivity index (χ0v) is 23.4. The van der Waals surface area contributed by atoms with E-state index in [-0.39, 0.29) is 36.5 Å². The second-order valence-electron chi connectivity index (χ2n) is 10.6. The number of rotatable bonds is 11. The van der Waals surface area contributed by atoms with E-state index in [9.17, 15) is 9.90 Å². The van der Waals surface area contributed by atoms with E-state index in [1.165, 1.54) is 6.20 Å². The first-order chi connectivity index (χ1) is 18.8. The fourth-order valence-electron chi connectivity index (χ4n) is 4.93. The monoisotopic (exact) mass is 562 g/mol. The van der Waals surface area contributed by atoms with Crippen LogP contribution in [0.1, 0.15) is 41.3 Å². The van der Waals surface area contributed by atoms with Gasteiger partial charge in [0.1, 0.15) is 24.2 Å². The van der Waals surface area contributed by atoms with Crippen LogP contribution in [0, 0.1) is 0 Å². The van der Waals surface area contributed by atoms with Gasteiger partial charge in [-0.05, 0) is 56.2 Å². The first-order valence-corrected chi connectivity index (χ1v) is 13.1. The number of hydrogen-bond acceptors (Lipinski definition) is 7. The number of aliphatic hydroxyl groups excluding tert-OH is 1. The number of carbonyl (C=O) groups is 1. The molecule has 1 amide bonds. The number of pyridine rings is 1. The van der Waals surface area contributed by atoms with Crippen molar-refractivity contribution in [2.75, 3.05) is 18.5 Å². The van der Waals surface area contributed by atoms with E-state index in [0.29, 0.717) is 23.7 Å². The molecule has 1 aromatic heterocycles. The Bertz CT molecular complexity index is 1370. The summed E-state index contributed by atoms with van der Waals surface area (Å²) in [5.74, 6) is 1.55. The second-order valence-corrected chi connectivity index (χ2v) is 10.6. The van der Waals surface area contributed by atoms with Crippen molar-refractivity contribution < 1.29 is 19.4 Å². The van der Waals surface area contributed by atoms with E-state index in [0.717, 1.165) is 29.0 Å². The molecule has 0 saturated heterocycles. The number of allylic oxidation sites excluding steroid dienone is 2. The number of nitrogens with one attached hydrogen (secondary N) is 2. The highest BCUT2D eigenvalue weighted by Crippen LogP contribution is 2.44. The second kappa shape index (κ2) is 12.6. The van der Waals surface area contributed by atoms with Gasteiger partial charge in [0.2, 0.25) is 11.8 Å². The number of β-amino-alcohol motifs (C(OH)–C–C–N with tert-alkyl or cyclic N) is 1. The molecule has 3 aromatic rings. The smallest absolute Gasteiger partial charge is 0.250 e. The number of carbonyl (C=O) groups excluding carboxylic acids is 1. The zero-order valence-electron chi connectivity index (χ0n) is 22.5. The topological polar surface area (TPSA) is 119 Å². The summed E-state index contributed by atoms with van der Waals surface area (Å²) in [5, 5.41) is 17.7. The van der Waals surface area contributed by atoms with Gasteiger partial charge in [-0.25, -0.2) is 4.98 Å². The number of benzene rings is 2. The van der Waals surface area contributed by atoms with Crippen LogP contribution in [0.25, 0.3) is 0 Å². The quantitative estimate of drug-likeness (QED) is 0.266. The molecule has 40 heavy (non-hydrogen) atoms. The minimum Gasteiger partial charge on any atom is -0.490 e. The molecular formula is C31H35ClN4O4. The van der Waals surface area contributed by atoms with Gasteiger partial charge < -0.3 is 30.9 Å². The number of amides is 1. The maximum atomic E-state index is 11.2. The number of hydrogen-bond donors (Lipinski definition) is 4. The summed E-state index contributed by atoms with van der Waals surface area (Å²) in [5.41, 5.74) is 8.68. The maximum Gasteiger partial charge on any atom is 0.250 e. The molecule has 2 heterocycles. The fraction of sp³-hybridized carbons (Fsp3) is 0.290. The Hall–Kier alpha value is -3.85. The van der Waals surface area contributed by atoms with Gasteiger partial charge in [-0.1, -0.05) is 42.5 Å². The van der Waals surface area contributed by atoms with Crippen molar-refractivity contribution in [3.05, 3.63) is 102 Å². The van der Waals surface area contributed by atoms with Crippen molar-refractivity contribution in [2.24, 2.45) is 5.73 Å². The molecule has 0 radical (unpaired) electrons. The van der Waals surface area contributed by atoms with Crippen molar-refractivity contribution in [3.8, 4) is 17.4 Å². The summed E-state index contributed by atoms with van der Waals surface area (Å²) in [4.78, 5) is 15.3. The lowest BCUT2D eigenvalue weighted by atomic mass is 9.91. The lowest BCUT2D eigenvalue weighted by Gasteiger charge is -2.28. The Balaban J connectivity index is 0.00000370. The molecule has 0 bridgehead atoms. The van der Waals surface area contributed by atoms with Crippen LogP contribution in [0.3, 0.4) is 0 Å². The van der Waals surface area contributed by atoms with Gasteiger partial charge >= 0.3 is 0 Å². The average Bonchev–Trinajstić information content (AvgIpc) is 3.31. The summed E-state index contributed by atoms with van der Waals surface area (Å²) >= 11 is 0. The van der Waals surface area contributed by atoms with Gasteiger partial charge in [-0.2, -0.15) is 0 Å². The zero-order chi connectivity index (χ0) is 27.4. The van der Waals surface area contributed by atoms with Crippen LogP contribution in [-0.2, 0) is 6.42 Å². The van der Waals surface area contributed by atoms with Crippen LogP contribution in [0.4, 0.5) is 5.69 Å². The molecule has 0 fully saturated rings. The van der Waals surface area contributed by atoms with Gasteiger partial charge in [0.25, 0.3) is 0 Å². The standard InChI is InChI=1S/C31H34N4O4.ClH/c1-31(2,16-20-10-13-23(14-11-20)39-28-15-12-21(17-33-28)30(32)37)34-18-22(36)19-38-27-9-5-8-26-29(27)24-6-3-4-7-25(24)35-26;/h3-15,17,22,24-25,34-36H,16,18-19H2,1-2H3,(H2,32,37);1H/t22-,24?,25?;/m0./s1. The minimum atomic E-state index is -0.656. The molecule has 2 unspecified atom stereocenters. The molecule has 3 atom stereocenters. The summed E-state index contributed by atoms with van der Waals surface area (Å²) in [6, 6.07) is 17.2. The van der Waals surface area contributed by atoms with Crippen molar-refractivity contribution in [3.63, 3.8) is 0 Å². The number of nitrogens with two attached hydrogens (primary N) is 1. The molecule has 5 N–H and O–H groups in total. The molecule has 210 valence electrons.